The highest BCUT2D eigenvalue weighted by Crippen LogP contribution is 2.24. The molecule has 0 bridgehead atoms. The van der Waals surface area contributed by atoms with Crippen LogP contribution in [-0.2, 0) is 0 Å². The summed E-state index contributed by atoms with van der Waals surface area (Å²) >= 11 is 2.11. The van der Waals surface area contributed by atoms with Gasteiger partial charge in [-0.3, -0.25) is 0 Å². The van der Waals surface area contributed by atoms with Gasteiger partial charge in [0.1, 0.15) is 0 Å². The average Bonchev–Trinajstić information content (AvgIpc) is 2.16. The van der Waals surface area contributed by atoms with Crippen LogP contribution in [0.25, 0.3) is 0 Å². The summed E-state index contributed by atoms with van der Waals surface area (Å²) < 4.78 is 0. The minimum absolute atomic E-state index is 0.633. The maximum Gasteiger partial charge on any atom is 0.0186 e. The molecule has 2 nitrogen and oxygen atoms in total. The lowest BCUT2D eigenvalue weighted by Gasteiger charge is -2.31. The molecule has 0 amide bonds. The van der Waals surface area contributed by atoms with E-state index in [0.29, 0.717) is 6.04 Å². The number of likely N-dealkylation sites (N-methyl/N-ethyl adjacent to an activating group) is 1. The van der Waals surface area contributed by atoms with Crippen molar-refractivity contribution in [3.63, 3.8) is 0 Å². The summed E-state index contributed by atoms with van der Waals surface area (Å²) in [5, 5.41) is 4.48. The highest BCUT2D eigenvalue weighted by Gasteiger charge is 2.21. The molecule has 1 heterocycles. The minimum Gasteiger partial charge on any atom is -0.311 e. The Hall–Kier alpha value is 0.270. The lowest BCUT2D eigenvalue weighted by Crippen LogP contribution is -2.45. The third-order valence-electron chi connectivity index (χ3n) is 3.16. The normalized spacial score (nSPS) is 30.6. The summed E-state index contributed by atoms with van der Waals surface area (Å²) in [6.07, 6.45) is 2.73. The van der Waals surface area contributed by atoms with Crippen molar-refractivity contribution in [2.24, 2.45) is 0 Å². The molecule has 0 aromatic rings. The lowest BCUT2D eigenvalue weighted by atomic mass is 10.1. The Morgan fingerprint density at radius 1 is 1.50 bits per heavy atom. The maximum atomic E-state index is 3.69. The molecule has 0 aromatic heterocycles. The predicted molar refractivity (Wildman–Crippen MR) is 66.1 cm³/mol. The molecule has 1 aliphatic heterocycles. The van der Waals surface area contributed by atoms with Crippen molar-refractivity contribution < 1.29 is 0 Å². The second-order valence-electron chi connectivity index (χ2n) is 4.55. The Bertz CT molecular complexity index is 161. The molecule has 0 radical (unpaired) electrons. The van der Waals surface area contributed by atoms with Crippen molar-refractivity contribution in [1.29, 1.82) is 0 Å². The van der Waals surface area contributed by atoms with Crippen molar-refractivity contribution in [2.75, 3.05) is 26.4 Å². The largest absolute Gasteiger partial charge is 0.311 e. The van der Waals surface area contributed by atoms with Gasteiger partial charge in [0, 0.05) is 23.9 Å². The Labute approximate surface area is 92.8 Å². The second kappa shape index (κ2) is 5.99. The van der Waals surface area contributed by atoms with Crippen LogP contribution in [0, 0.1) is 0 Å². The summed E-state index contributed by atoms with van der Waals surface area (Å²) in [5.41, 5.74) is 0. The molecule has 84 valence electrons. The molecule has 3 unspecified atom stereocenters. The number of hydrogen-bond acceptors (Lipinski definition) is 3. The Morgan fingerprint density at radius 2 is 2.21 bits per heavy atom. The second-order valence-corrected chi connectivity index (χ2v) is 6.03. The van der Waals surface area contributed by atoms with Crippen molar-refractivity contribution >= 4 is 11.8 Å². The van der Waals surface area contributed by atoms with Gasteiger partial charge in [-0.15, -0.1) is 0 Å². The van der Waals surface area contributed by atoms with Crippen LogP contribution in [-0.4, -0.2) is 48.6 Å². The summed E-state index contributed by atoms with van der Waals surface area (Å²) in [7, 11) is 4.29. The lowest BCUT2D eigenvalue weighted by molar-refractivity contribution is 0.288. The molecule has 1 fully saturated rings. The van der Waals surface area contributed by atoms with Gasteiger partial charge in [0.2, 0.25) is 0 Å². The predicted octanol–water partition coefficient (Wildman–Crippen LogP) is 1.81. The van der Waals surface area contributed by atoms with Crippen LogP contribution in [0.15, 0.2) is 0 Å². The smallest absolute Gasteiger partial charge is 0.0186 e. The molecule has 1 saturated heterocycles. The topological polar surface area (TPSA) is 15.3 Å². The van der Waals surface area contributed by atoms with Gasteiger partial charge in [0.15, 0.2) is 0 Å². The zero-order chi connectivity index (χ0) is 10.6. The first-order valence-electron chi connectivity index (χ1n) is 5.62. The zero-order valence-electron chi connectivity index (χ0n) is 9.92. The van der Waals surface area contributed by atoms with E-state index in [9.17, 15) is 0 Å². The Morgan fingerprint density at radius 3 is 2.79 bits per heavy atom. The van der Waals surface area contributed by atoms with E-state index in [4.69, 9.17) is 0 Å². The fourth-order valence-electron chi connectivity index (χ4n) is 1.70. The quantitative estimate of drug-likeness (QED) is 0.771. The van der Waals surface area contributed by atoms with Crippen molar-refractivity contribution in [2.45, 2.75) is 44.0 Å². The monoisotopic (exact) mass is 216 g/mol. The van der Waals surface area contributed by atoms with Gasteiger partial charge < -0.3 is 10.2 Å². The van der Waals surface area contributed by atoms with Gasteiger partial charge in [0.05, 0.1) is 0 Å². The third-order valence-corrected chi connectivity index (χ3v) is 4.54. The minimum atomic E-state index is 0.633. The van der Waals surface area contributed by atoms with Crippen LogP contribution < -0.4 is 5.32 Å². The van der Waals surface area contributed by atoms with Crippen LogP contribution in [0.4, 0.5) is 0 Å². The van der Waals surface area contributed by atoms with Crippen molar-refractivity contribution in [3.8, 4) is 0 Å². The third kappa shape index (κ3) is 3.79. The standard InChI is InChI=1S/C11H24N2S/c1-9(13(3)4)8-12-11-6-5-7-14-10(11)2/h9-12H,5-8H2,1-4H3. The molecule has 0 aromatic carbocycles. The number of nitrogens with one attached hydrogen (secondary N) is 1. The fraction of sp³-hybridized carbons (Fsp3) is 1.00. The SMILES string of the molecule is CC1SCCCC1NCC(C)N(C)C. The summed E-state index contributed by atoms with van der Waals surface area (Å²) in [6.45, 7) is 5.73. The molecule has 1 rings (SSSR count). The number of rotatable bonds is 4. The zero-order valence-corrected chi connectivity index (χ0v) is 10.7. The van der Waals surface area contributed by atoms with E-state index in [-0.39, 0.29) is 0 Å². The highest BCUT2D eigenvalue weighted by molar-refractivity contribution is 7.99. The summed E-state index contributed by atoms with van der Waals surface area (Å²) in [4.78, 5) is 2.27. The number of nitrogens with zero attached hydrogens (tertiary/aromatic N) is 1. The molecular formula is C11H24N2S. The molecule has 3 atom stereocenters. The average molecular weight is 216 g/mol. The molecule has 1 aliphatic rings. The van der Waals surface area contributed by atoms with Crippen LogP contribution in [0.2, 0.25) is 0 Å². The summed E-state index contributed by atoms with van der Waals surface area (Å²) in [6, 6.07) is 1.37. The van der Waals surface area contributed by atoms with Gasteiger partial charge in [-0.2, -0.15) is 11.8 Å². The molecule has 0 aliphatic carbocycles. The van der Waals surface area contributed by atoms with Crippen LogP contribution >= 0.6 is 11.8 Å². The molecule has 14 heavy (non-hydrogen) atoms. The molecule has 3 heteroatoms. The van der Waals surface area contributed by atoms with E-state index in [1.54, 1.807) is 0 Å². The first-order chi connectivity index (χ1) is 6.61. The van der Waals surface area contributed by atoms with Gasteiger partial charge >= 0.3 is 0 Å². The Balaban J connectivity index is 2.22. The van der Waals surface area contributed by atoms with E-state index < -0.39 is 0 Å². The van der Waals surface area contributed by atoms with Gasteiger partial charge in [-0.05, 0) is 39.6 Å². The van der Waals surface area contributed by atoms with Crippen molar-refractivity contribution in [3.05, 3.63) is 0 Å². The van der Waals surface area contributed by atoms with E-state index in [0.717, 1.165) is 17.8 Å². The van der Waals surface area contributed by atoms with Gasteiger partial charge in [0.25, 0.3) is 0 Å². The molecule has 0 saturated carbocycles. The number of thioether (sulfide) groups is 1. The van der Waals surface area contributed by atoms with E-state index >= 15 is 0 Å². The van der Waals surface area contributed by atoms with Crippen LogP contribution in [0.3, 0.4) is 0 Å². The first kappa shape index (κ1) is 12.3. The Kier molecular flexibility index (Phi) is 5.28. The van der Waals surface area contributed by atoms with E-state index in [1.807, 2.05) is 0 Å². The van der Waals surface area contributed by atoms with Crippen LogP contribution in [0.1, 0.15) is 26.7 Å². The fourth-order valence-corrected chi connectivity index (χ4v) is 2.87. The van der Waals surface area contributed by atoms with Crippen molar-refractivity contribution in [1.82, 2.24) is 10.2 Å². The van der Waals surface area contributed by atoms with Crippen LogP contribution in [0.5, 0.6) is 0 Å². The summed E-state index contributed by atoms with van der Waals surface area (Å²) in [5.74, 6) is 1.35. The van der Waals surface area contributed by atoms with E-state index in [2.05, 4.69) is 49.9 Å². The number of hydrogen-bond donors (Lipinski definition) is 1. The first-order valence-corrected chi connectivity index (χ1v) is 6.67. The highest BCUT2D eigenvalue weighted by atomic mass is 32.2. The molecular weight excluding hydrogens is 192 g/mol. The molecule has 0 spiro atoms. The van der Waals surface area contributed by atoms with E-state index in [1.165, 1.54) is 18.6 Å². The molecule has 1 N–H and O–H groups in total. The maximum absolute atomic E-state index is 3.69. The van der Waals surface area contributed by atoms with Gasteiger partial charge in [-0.25, -0.2) is 0 Å². The van der Waals surface area contributed by atoms with Gasteiger partial charge in [-0.1, -0.05) is 6.92 Å².